The van der Waals surface area contributed by atoms with Crippen LogP contribution in [-0.4, -0.2) is 32.5 Å². The number of hydrogen-bond acceptors (Lipinski definition) is 5. The molecule has 1 amide bonds. The molecule has 0 aliphatic carbocycles. The first-order chi connectivity index (χ1) is 12.2. The minimum Gasteiger partial charge on any atom is -0.450 e. The molecule has 0 bridgehead atoms. The highest BCUT2D eigenvalue weighted by Gasteiger charge is 2.19. The normalized spacial score (nSPS) is 12.7. The summed E-state index contributed by atoms with van der Waals surface area (Å²) in [6.45, 7) is 0. The van der Waals surface area contributed by atoms with Crippen LogP contribution < -0.4 is 5.32 Å². The SMILES string of the molecule is CSCC[C@H](NC(=O)C=Cc1ccc(Br)o1)c1nnc2ccccn12. The van der Waals surface area contributed by atoms with Crippen molar-refractivity contribution in [3.05, 3.63) is 58.9 Å². The Morgan fingerprint density at radius 3 is 3.04 bits per heavy atom. The Morgan fingerprint density at radius 2 is 2.28 bits per heavy atom. The van der Waals surface area contributed by atoms with Gasteiger partial charge in [0.05, 0.1) is 6.04 Å². The topological polar surface area (TPSA) is 72.4 Å². The first-order valence-electron chi connectivity index (χ1n) is 7.70. The van der Waals surface area contributed by atoms with E-state index in [0.717, 1.165) is 23.6 Å². The molecule has 0 aliphatic rings. The smallest absolute Gasteiger partial charge is 0.244 e. The van der Waals surface area contributed by atoms with E-state index in [4.69, 9.17) is 4.42 Å². The molecule has 0 saturated carbocycles. The van der Waals surface area contributed by atoms with E-state index < -0.39 is 0 Å². The minimum absolute atomic E-state index is 0.202. The van der Waals surface area contributed by atoms with Crippen LogP contribution in [-0.2, 0) is 4.79 Å². The van der Waals surface area contributed by atoms with Crippen molar-refractivity contribution < 1.29 is 9.21 Å². The Kier molecular flexibility index (Phi) is 5.93. The number of nitrogens with one attached hydrogen (secondary N) is 1. The third kappa shape index (κ3) is 4.52. The Balaban J connectivity index is 1.76. The second-order valence-electron chi connectivity index (χ2n) is 5.30. The zero-order chi connectivity index (χ0) is 17.6. The average Bonchev–Trinajstić information content (AvgIpc) is 3.23. The number of halogens is 1. The highest BCUT2D eigenvalue weighted by molar-refractivity contribution is 9.10. The fourth-order valence-corrected chi connectivity index (χ4v) is 3.19. The van der Waals surface area contributed by atoms with Crippen molar-refractivity contribution in [1.82, 2.24) is 19.9 Å². The first-order valence-corrected chi connectivity index (χ1v) is 9.88. The Bertz CT molecular complexity index is 890. The summed E-state index contributed by atoms with van der Waals surface area (Å²) >= 11 is 4.96. The highest BCUT2D eigenvalue weighted by atomic mass is 79.9. The Hall–Kier alpha value is -2.06. The van der Waals surface area contributed by atoms with Gasteiger partial charge in [0.25, 0.3) is 0 Å². The number of furan rings is 1. The van der Waals surface area contributed by atoms with Gasteiger partial charge in [0.1, 0.15) is 5.76 Å². The van der Waals surface area contributed by atoms with Crippen molar-refractivity contribution in [2.45, 2.75) is 12.5 Å². The summed E-state index contributed by atoms with van der Waals surface area (Å²) in [5, 5.41) is 11.4. The molecule has 3 aromatic heterocycles. The predicted molar refractivity (Wildman–Crippen MR) is 102 cm³/mol. The van der Waals surface area contributed by atoms with Gasteiger partial charge >= 0.3 is 0 Å². The zero-order valence-electron chi connectivity index (χ0n) is 13.6. The molecule has 1 N–H and O–H groups in total. The lowest BCUT2D eigenvalue weighted by molar-refractivity contribution is -0.117. The lowest BCUT2D eigenvalue weighted by Gasteiger charge is -2.15. The van der Waals surface area contributed by atoms with Gasteiger partial charge in [-0.1, -0.05) is 6.07 Å². The van der Waals surface area contributed by atoms with Crippen LogP contribution in [0.4, 0.5) is 0 Å². The van der Waals surface area contributed by atoms with Gasteiger partial charge in [-0.3, -0.25) is 9.20 Å². The molecular weight excluding hydrogens is 404 g/mol. The molecule has 130 valence electrons. The maximum absolute atomic E-state index is 12.3. The Morgan fingerprint density at radius 1 is 1.40 bits per heavy atom. The van der Waals surface area contributed by atoms with Crippen molar-refractivity contribution in [2.75, 3.05) is 12.0 Å². The van der Waals surface area contributed by atoms with Gasteiger partial charge < -0.3 is 9.73 Å². The molecule has 0 aromatic carbocycles. The number of hydrogen-bond donors (Lipinski definition) is 1. The molecule has 1 atom stereocenters. The van der Waals surface area contributed by atoms with Crippen LogP contribution in [0, 0.1) is 0 Å². The van der Waals surface area contributed by atoms with E-state index in [1.807, 2.05) is 35.1 Å². The lowest BCUT2D eigenvalue weighted by atomic mass is 10.2. The van der Waals surface area contributed by atoms with Gasteiger partial charge in [-0.2, -0.15) is 11.8 Å². The number of aromatic nitrogens is 3. The van der Waals surface area contributed by atoms with Crippen LogP contribution in [0.2, 0.25) is 0 Å². The minimum atomic E-state index is -0.217. The van der Waals surface area contributed by atoms with E-state index >= 15 is 0 Å². The fourth-order valence-electron chi connectivity index (χ4n) is 2.39. The fraction of sp³-hybridized carbons (Fsp3) is 0.235. The summed E-state index contributed by atoms with van der Waals surface area (Å²) in [5.74, 6) is 2.04. The number of nitrogens with zero attached hydrogens (tertiary/aromatic N) is 3. The molecule has 0 aliphatic heterocycles. The number of pyridine rings is 1. The third-order valence-electron chi connectivity index (χ3n) is 3.57. The van der Waals surface area contributed by atoms with Gasteiger partial charge in [0.2, 0.25) is 5.91 Å². The van der Waals surface area contributed by atoms with Crippen LogP contribution in [0.1, 0.15) is 24.0 Å². The predicted octanol–water partition coefficient (Wildman–Crippen LogP) is 3.71. The molecular formula is C17H17BrN4O2S. The second-order valence-corrected chi connectivity index (χ2v) is 7.07. The number of amides is 1. The first kappa shape index (κ1) is 17.8. The van der Waals surface area contributed by atoms with Gasteiger partial charge in [-0.15, -0.1) is 10.2 Å². The van der Waals surface area contributed by atoms with Gasteiger partial charge in [-0.25, -0.2) is 0 Å². The second kappa shape index (κ2) is 8.35. The van der Waals surface area contributed by atoms with Crippen LogP contribution in [0.3, 0.4) is 0 Å². The zero-order valence-corrected chi connectivity index (χ0v) is 16.0. The van der Waals surface area contributed by atoms with Crippen LogP contribution in [0.25, 0.3) is 11.7 Å². The van der Waals surface area contributed by atoms with E-state index in [9.17, 15) is 4.79 Å². The van der Waals surface area contributed by atoms with E-state index in [0.29, 0.717) is 10.4 Å². The number of rotatable bonds is 7. The van der Waals surface area contributed by atoms with E-state index in [-0.39, 0.29) is 11.9 Å². The molecule has 3 aromatic rings. The molecule has 8 heteroatoms. The summed E-state index contributed by atoms with van der Waals surface area (Å²) in [5.41, 5.74) is 0.761. The van der Waals surface area contributed by atoms with E-state index in [2.05, 4.69) is 31.4 Å². The van der Waals surface area contributed by atoms with Crippen molar-refractivity contribution in [2.24, 2.45) is 0 Å². The molecule has 3 heterocycles. The van der Waals surface area contributed by atoms with Crippen molar-refractivity contribution in [3.8, 4) is 0 Å². The summed E-state index contributed by atoms with van der Waals surface area (Å²) < 4.78 is 7.88. The van der Waals surface area contributed by atoms with Gasteiger partial charge in [0.15, 0.2) is 16.1 Å². The molecule has 25 heavy (non-hydrogen) atoms. The number of carbonyl (C=O) groups excluding carboxylic acids is 1. The number of thioether (sulfide) groups is 1. The largest absolute Gasteiger partial charge is 0.450 e. The van der Waals surface area contributed by atoms with Crippen LogP contribution in [0.5, 0.6) is 0 Å². The molecule has 0 fully saturated rings. The van der Waals surface area contributed by atoms with Crippen molar-refractivity contribution in [3.63, 3.8) is 0 Å². The maximum Gasteiger partial charge on any atom is 0.244 e. The van der Waals surface area contributed by atoms with E-state index in [1.54, 1.807) is 30.0 Å². The van der Waals surface area contributed by atoms with E-state index in [1.165, 1.54) is 6.08 Å². The summed E-state index contributed by atoms with van der Waals surface area (Å²) in [6, 6.07) is 9.06. The standard InChI is InChI=1S/C17H17BrN4O2S/c1-25-11-9-13(17-21-20-15-4-2-3-10-22(15)17)19-16(23)8-6-12-5-7-14(18)24-12/h2-8,10,13H,9,11H2,1H3,(H,19,23)/t13-/m0/s1. The van der Waals surface area contributed by atoms with Gasteiger partial charge in [0, 0.05) is 12.3 Å². The monoisotopic (exact) mass is 420 g/mol. The summed E-state index contributed by atoms with van der Waals surface area (Å²) in [6.07, 6.45) is 7.80. The Labute approximate surface area is 157 Å². The highest BCUT2D eigenvalue weighted by Crippen LogP contribution is 2.19. The molecule has 0 radical (unpaired) electrons. The quantitative estimate of drug-likeness (QED) is 0.589. The molecule has 6 nitrogen and oxygen atoms in total. The maximum atomic E-state index is 12.3. The molecule has 3 rings (SSSR count). The van der Waals surface area contributed by atoms with Crippen molar-refractivity contribution >= 4 is 45.3 Å². The number of fused-ring (bicyclic) bond motifs is 1. The molecule has 0 saturated heterocycles. The third-order valence-corrected chi connectivity index (χ3v) is 4.64. The van der Waals surface area contributed by atoms with Crippen molar-refractivity contribution in [1.29, 1.82) is 0 Å². The molecule has 0 unspecified atom stereocenters. The van der Waals surface area contributed by atoms with Crippen LogP contribution in [0.15, 0.2) is 51.7 Å². The van der Waals surface area contributed by atoms with Gasteiger partial charge in [-0.05, 0) is 64.7 Å². The summed E-state index contributed by atoms with van der Waals surface area (Å²) in [7, 11) is 0. The summed E-state index contributed by atoms with van der Waals surface area (Å²) in [4.78, 5) is 12.3. The van der Waals surface area contributed by atoms with Crippen LogP contribution >= 0.6 is 27.7 Å². The average molecular weight is 421 g/mol. The molecule has 0 spiro atoms. The lowest BCUT2D eigenvalue weighted by Crippen LogP contribution is -2.29. The number of carbonyl (C=O) groups is 1.